The van der Waals surface area contributed by atoms with Crippen molar-refractivity contribution in [3.05, 3.63) is 192 Å². The highest BCUT2D eigenvalue weighted by molar-refractivity contribution is 6.12. The second kappa shape index (κ2) is 9.54. The van der Waals surface area contributed by atoms with Gasteiger partial charge in [-0.2, -0.15) is 0 Å². The average Bonchev–Trinajstić information content (AvgIpc) is 3.43. The number of hydrogen-bond donors (Lipinski definition) is 0. The fourth-order valence-electron chi connectivity index (χ4n) is 8.27. The average molecular weight is 585 g/mol. The van der Waals surface area contributed by atoms with Gasteiger partial charge < -0.3 is 4.74 Å². The molecule has 46 heavy (non-hydrogen) atoms. The summed E-state index contributed by atoms with van der Waals surface area (Å²) in [5.41, 5.74) is 12.1. The number of para-hydroxylation sites is 1. The van der Waals surface area contributed by atoms with Gasteiger partial charge in [0.25, 0.3) is 0 Å². The van der Waals surface area contributed by atoms with Crippen LogP contribution in [-0.2, 0) is 5.41 Å². The Kier molecular flexibility index (Phi) is 5.27. The predicted molar refractivity (Wildman–Crippen MR) is 190 cm³/mol. The molecule has 0 radical (unpaired) electrons. The lowest BCUT2D eigenvalue weighted by Crippen LogP contribution is -2.28. The van der Waals surface area contributed by atoms with Gasteiger partial charge in [0.05, 0.1) is 5.41 Å². The largest absolute Gasteiger partial charge is 0.456 e. The van der Waals surface area contributed by atoms with Crippen LogP contribution in [0.5, 0.6) is 11.5 Å². The van der Waals surface area contributed by atoms with E-state index < -0.39 is 5.41 Å². The molecule has 10 rings (SSSR count). The maximum absolute atomic E-state index is 6.47. The van der Waals surface area contributed by atoms with Crippen molar-refractivity contribution in [1.82, 2.24) is 0 Å². The summed E-state index contributed by atoms with van der Waals surface area (Å²) in [7, 11) is 0. The monoisotopic (exact) mass is 584 g/mol. The van der Waals surface area contributed by atoms with Crippen molar-refractivity contribution in [2.75, 3.05) is 0 Å². The van der Waals surface area contributed by atoms with E-state index in [9.17, 15) is 0 Å². The van der Waals surface area contributed by atoms with Crippen LogP contribution in [0.3, 0.4) is 0 Å². The lowest BCUT2D eigenvalue weighted by Gasteiger charge is -2.34. The van der Waals surface area contributed by atoms with Gasteiger partial charge in [0.1, 0.15) is 11.5 Å². The van der Waals surface area contributed by atoms with Crippen LogP contribution in [0, 0.1) is 0 Å². The first kappa shape index (κ1) is 25.4. The van der Waals surface area contributed by atoms with Gasteiger partial charge in [0.2, 0.25) is 0 Å². The van der Waals surface area contributed by atoms with Crippen molar-refractivity contribution in [2.45, 2.75) is 5.41 Å². The van der Waals surface area contributed by atoms with E-state index in [1.54, 1.807) is 0 Å². The standard InChI is InChI=1S/C45H28O/c1-2-14-31(15-3-1)45(32-25-24-29-12-4-5-13-30(29)28-32)39-21-8-6-17-38(39)43-35(20-11-22-40(43)45)33-26-27-42-44-36(33)18-10-19-37(44)34-16-7-9-23-41(34)46-42/h1-28H. The molecule has 0 N–H and O–H groups in total. The van der Waals surface area contributed by atoms with Crippen LogP contribution < -0.4 is 4.74 Å². The van der Waals surface area contributed by atoms with Crippen LogP contribution in [0.15, 0.2) is 170 Å². The van der Waals surface area contributed by atoms with Gasteiger partial charge in [0.15, 0.2) is 0 Å². The lowest BCUT2D eigenvalue weighted by molar-refractivity contribution is 0.487. The lowest BCUT2D eigenvalue weighted by atomic mass is 9.67. The Morgan fingerprint density at radius 2 is 1.07 bits per heavy atom. The zero-order valence-corrected chi connectivity index (χ0v) is 25.1. The maximum Gasteiger partial charge on any atom is 0.135 e. The van der Waals surface area contributed by atoms with Gasteiger partial charge >= 0.3 is 0 Å². The highest BCUT2D eigenvalue weighted by atomic mass is 16.5. The Bertz CT molecular complexity index is 2510. The smallest absolute Gasteiger partial charge is 0.135 e. The first-order valence-electron chi connectivity index (χ1n) is 15.9. The van der Waals surface area contributed by atoms with Crippen LogP contribution in [-0.4, -0.2) is 0 Å². The van der Waals surface area contributed by atoms with Gasteiger partial charge in [-0.05, 0) is 84.4 Å². The van der Waals surface area contributed by atoms with E-state index in [0.29, 0.717) is 0 Å². The summed E-state index contributed by atoms with van der Waals surface area (Å²) in [5.74, 6) is 1.82. The van der Waals surface area contributed by atoms with Crippen molar-refractivity contribution in [3.63, 3.8) is 0 Å². The summed E-state index contributed by atoms with van der Waals surface area (Å²) in [5, 5.41) is 4.88. The molecule has 0 bridgehead atoms. The second-order valence-corrected chi connectivity index (χ2v) is 12.4. The first-order chi connectivity index (χ1) is 22.8. The van der Waals surface area contributed by atoms with E-state index in [-0.39, 0.29) is 0 Å². The predicted octanol–water partition coefficient (Wildman–Crippen LogP) is 11.8. The fraction of sp³-hybridized carbons (Fsp3) is 0.0222. The van der Waals surface area contributed by atoms with E-state index in [1.165, 1.54) is 71.6 Å². The molecule has 0 aromatic heterocycles. The molecule has 8 aromatic rings. The Morgan fingerprint density at radius 3 is 1.98 bits per heavy atom. The van der Waals surface area contributed by atoms with E-state index in [4.69, 9.17) is 4.74 Å². The van der Waals surface area contributed by atoms with Crippen molar-refractivity contribution in [3.8, 4) is 44.9 Å². The second-order valence-electron chi connectivity index (χ2n) is 12.4. The van der Waals surface area contributed by atoms with E-state index in [1.807, 2.05) is 6.07 Å². The van der Waals surface area contributed by atoms with Crippen molar-refractivity contribution in [1.29, 1.82) is 0 Å². The molecule has 0 saturated heterocycles. The molecule has 1 atom stereocenters. The number of rotatable bonds is 3. The van der Waals surface area contributed by atoms with Crippen molar-refractivity contribution >= 4 is 21.5 Å². The molecule has 0 saturated carbocycles. The molecular weight excluding hydrogens is 556 g/mol. The molecule has 1 nitrogen and oxygen atoms in total. The topological polar surface area (TPSA) is 9.23 Å². The molecule has 8 aromatic carbocycles. The molecule has 2 aliphatic rings. The third-order valence-corrected chi connectivity index (χ3v) is 10.1. The highest BCUT2D eigenvalue weighted by Gasteiger charge is 2.47. The maximum atomic E-state index is 6.47. The third kappa shape index (κ3) is 3.35. The SMILES string of the molecule is c1ccc(C2(c3ccc4ccccc4c3)c3ccccc3-c3c(-c4ccc5c6c(cccc46)-c4ccccc4O5)cccc32)cc1. The molecule has 1 unspecified atom stereocenters. The number of hydrogen-bond acceptors (Lipinski definition) is 1. The van der Waals surface area contributed by atoms with Crippen LogP contribution in [0.1, 0.15) is 22.3 Å². The first-order valence-corrected chi connectivity index (χ1v) is 15.9. The van der Waals surface area contributed by atoms with Crippen LogP contribution in [0.2, 0.25) is 0 Å². The minimum absolute atomic E-state index is 0.471. The van der Waals surface area contributed by atoms with E-state index >= 15 is 0 Å². The van der Waals surface area contributed by atoms with Gasteiger partial charge in [0, 0.05) is 10.9 Å². The van der Waals surface area contributed by atoms with E-state index in [2.05, 4.69) is 164 Å². The van der Waals surface area contributed by atoms with Gasteiger partial charge in [-0.15, -0.1) is 0 Å². The molecule has 0 amide bonds. The Morgan fingerprint density at radius 1 is 0.370 bits per heavy atom. The molecule has 1 aliphatic carbocycles. The summed E-state index contributed by atoms with van der Waals surface area (Å²) in [6.07, 6.45) is 0. The fourth-order valence-corrected chi connectivity index (χ4v) is 8.27. The van der Waals surface area contributed by atoms with Crippen molar-refractivity contribution in [2.24, 2.45) is 0 Å². The summed E-state index contributed by atoms with van der Waals surface area (Å²) in [4.78, 5) is 0. The normalized spacial score (nSPS) is 15.7. The summed E-state index contributed by atoms with van der Waals surface area (Å²) < 4.78 is 6.47. The highest BCUT2D eigenvalue weighted by Crippen LogP contribution is 2.59. The minimum atomic E-state index is -0.471. The van der Waals surface area contributed by atoms with Gasteiger partial charge in [-0.25, -0.2) is 0 Å². The zero-order valence-electron chi connectivity index (χ0n) is 25.1. The minimum Gasteiger partial charge on any atom is -0.456 e. The van der Waals surface area contributed by atoms with Crippen LogP contribution in [0.25, 0.3) is 54.9 Å². The molecule has 1 heteroatoms. The van der Waals surface area contributed by atoms with E-state index in [0.717, 1.165) is 17.1 Å². The third-order valence-electron chi connectivity index (χ3n) is 10.1. The quantitative estimate of drug-likeness (QED) is 0.201. The van der Waals surface area contributed by atoms with Crippen LogP contribution in [0.4, 0.5) is 0 Å². The van der Waals surface area contributed by atoms with Gasteiger partial charge in [-0.3, -0.25) is 0 Å². The van der Waals surface area contributed by atoms with Crippen LogP contribution >= 0.6 is 0 Å². The summed E-state index contributed by atoms with van der Waals surface area (Å²) in [6, 6.07) is 62.1. The molecule has 1 aliphatic heterocycles. The molecule has 0 spiro atoms. The molecule has 214 valence electrons. The Labute approximate surface area is 268 Å². The summed E-state index contributed by atoms with van der Waals surface area (Å²) >= 11 is 0. The Hall–Kier alpha value is -5.92. The van der Waals surface area contributed by atoms with Crippen molar-refractivity contribution < 1.29 is 4.74 Å². The number of benzene rings is 8. The van der Waals surface area contributed by atoms with Gasteiger partial charge in [-0.1, -0.05) is 152 Å². The molecule has 1 heterocycles. The molecular formula is C45H28O. The molecule has 0 fully saturated rings. The summed E-state index contributed by atoms with van der Waals surface area (Å²) in [6.45, 7) is 0. The zero-order chi connectivity index (χ0) is 30.2. The number of ether oxygens (including phenoxy) is 1. The Balaban J connectivity index is 1.31. The number of fused-ring (bicyclic) bond motifs is 6.